The van der Waals surface area contributed by atoms with Crippen molar-refractivity contribution in [2.45, 2.75) is 12.4 Å². The smallest absolute Gasteiger partial charge is 0.184 e. The fraction of sp³-hybridized carbons (Fsp3) is 0.455. The summed E-state index contributed by atoms with van der Waals surface area (Å²) in [5.74, 6) is 0.841. The Hall–Kier alpha value is -0.580. The highest BCUT2D eigenvalue weighted by Gasteiger charge is 2.26. The van der Waals surface area contributed by atoms with Crippen LogP contribution >= 0.6 is 15.9 Å². The molecule has 0 aromatic heterocycles. The van der Waals surface area contributed by atoms with Crippen molar-refractivity contribution < 1.29 is 14.2 Å². The number of hydrogen-bond donors (Lipinski definition) is 0. The molecule has 0 aliphatic carbocycles. The number of benzene rings is 1. The molecule has 0 bridgehead atoms. The molecule has 1 aromatic carbocycles. The first-order chi connectivity index (χ1) is 7.33. The lowest BCUT2D eigenvalue weighted by Crippen LogP contribution is -2.10. The second kappa shape index (κ2) is 4.96. The third-order valence-corrected chi connectivity index (χ3v) is 3.03. The maximum absolute atomic E-state index is 5.66. The molecule has 3 nitrogen and oxygen atoms in total. The van der Waals surface area contributed by atoms with Crippen LogP contribution in [0.15, 0.2) is 24.3 Å². The molecule has 1 aliphatic heterocycles. The third kappa shape index (κ3) is 2.51. The van der Waals surface area contributed by atoms with Crippen LogP contribution in [0.1, 0.15) is 11.9 Å². The number of alkyl halides is 1. The van der Waals surface area contributed by atoms with Gasteiger partial charge in [0.1, 0.15) is 5.75 Å². The summed E-state index contributed by atoms with van der Waals surface area (Å²) >= 11 is 3.37. The van der Waals surface area contributed by atoms with Gasteiger partial charge in [0, 0.05) is 10.9 Å². The second-order valence-corrected chi connectivity index (χ2v) is 4.00. The number of methoxy groups -OCH3 is 1. The largest absolute Gasteiger partial charge is 0.497 e. The zero-order valence-electron chi connectivity index (χ0n) is 8.48. The van der Waals surface area contributed by atoms with Gasteiger partial charge in [-0.05, 0) is 12.1 Å². The monoisotopic (exact) mass is 272 g/mol. The van der Waals surface area contributed by atoms with Crippen LogP contribution in [-0.2, 0) is 9.47 Å². The minimum Gasteiger partial charge on any atom is -0.497 e. The summed E-state index contributed by atoms with van der Waals surface area (Å²) in [6, 6.07) is 7.73. The number of halogens is 1. The Morgan fingerprint density at radius 2 is 2.13 bits per heavy atom. The highest BCUT2D eigenvalue weighted by Crippen LogP contribution is 2.28. The van der Waals surface area contributed by atoms with Gasteiger partial charge in [0.25, 0.3) is 0 Å². The Bertz CT molecular complexity index is 312. The van der Waals surface area contributed by atoms with Crippen molar-refractivity contribution in [1.82, 2.24) is 0 Å². The first-order valence-corrected chi connectivity index (χ1v) is 5.92. The Labute approximate surface area is 97.5 Å². The van der Waals surface area contributed by atoms with Gasteiger partial charge in [-0.2, -0.15) is 0 Å². The second-order valence-electron chi connectivity index (χ2n) is 3.35. The molecule has 82 valence electrons. The van der Waals surface area contributed by atoms with Crippen molar-refractivity contribution >= 4 is 15.9 Å². The predicted octanol–water partition coefficient (Wildman–Crippen LogP) is 2.50. The average Bonchev–Trinajstić information content (AvgIpc) is 2.78. The minimum atomic E-state index is -0.238. The van der Waals surface area contributed by atoms with Crippen molar-refractivity contribution in [2.24, 2.45) is 0 Å². The van der Waals surface area contributed by atoms with Gasteiger partial charge in [0.05, 0.1) is 19.8 Å². The molecule has 2 rings (SSSR count). The normalized spacial score (nSPS) is 25.5. The maximum Gasteiger partial charge on any atom is 0.184 e. The van der Waals surface area contributed by atoms with E-state index >= 15 is 0 Å². The van der Waals surface area contributed by atoms with Gasteiger partial charge in [-0.15, -0.1) is 0 Å². The molecule has 1 heterocycles. The average molecular weight is 273 g/mol. The molecule has 1 aliphatic rings. The van der Waals surface area contributed by atoms with Crippen LogP contribution in [0.25, 0.3) is 0 Å². The lowest BCUT2D eigenvalue weighted by Gasteiger charge is -2.10. The summed E-state index contributed by atoms with van der Waals surface area (Å²) < 4.78 is 16.3. The van der Waals surface area contributed by atoms with E-state index in [9.17, 15) is 0 Å². The van der Waals surface area contributed by atoms with Gasteiger partial charge in [-0.1, -0.05) is 28.1 Å². The van der Waals surface area contributed by atoms with Gasteiger partial charge < -0.3 is 14.2 Å². The predicted molar refractivity (Wildman–Crippen MR) is 60.4 cm³/mol. The first kappa shape index (κ1) is 10.9. The topological polar surface area (TPSA) is 27.7 Å². The standard InChI is InChI=1S/C11H13BrO3/c1-13-9-4-2-8(3-5-9)11-14-7-10(6-12)15-11/h2-5,10-11H,6-7H2,1H3. The molecule has 0 saturated carbocycles. The van der Waals surface area contributed by atoms with E-state index in [1.54, 1.807) is 7.11 Å². The van der Waals surface area contributed by atoms with Crippen LogP contribution in [0, 0.1) is 0 Å². The lowest BCUT2D eigenvalue weighted by atomic mass is 10.2. The fourth-order valence-electron chi connectivity index (χ4n) is 1.46. The molecule has 4 heteroatoms. The van der Waals surface area contributed by atoms with E-state index in [0.29, 0.717) is 6.61 Å². The lowest BCUT2D eigenvalue weighted by molar-refractivity contribution is -0.0563. The van der Waals surface area contributed by atoms with Crippen LogP contribution in [0.3, 0.4) is 0 Å². The number of hydrogen-bond acceptors (Lipinski definition) is 3. The van der Waals surface area contributed by atoms with Crippen molar-refractivity contribution in [3.63, 3.8) is 0 Å². The molecule has 2 atom stereocenters. The Kier molecular flexibility index (Phi) is 3.61. The van der Waals surface area contributed by atoms with Gasteiger partial charge in [0.2, 0.25) is 0 Å². The molecule has 2 unspecified atom stereocenters. The minimum absolute atomic E-state index is 0.150. The summed E-state index contributed by atoms with van der Waals surface area (Å²) in [7, 11) is 1.65. The van der Waals surface area contributed by atoms with Crippen molar-refractivity contribution in [3.8, 4) is 5.75 Å². The van der Waals surface area contributed by atoms with E-state index in [1.807, 2.05) is 24.3 Å². The number of ether oxygens (including phenoxy) is 3. The summed E-state index contributed by atoms with van der Waals surface area (Å²) in [5.41, 5.74) is 1.03. The summed E-state index contributed by atoms with van der Waals surface area (Å²) in [4.78, 5) is 0. The van der Waals surface area contributed by atoms with E-state index < -0.39 is 0 Å². The van der Waals surface area contributed by atoms with Crippen LogP contribution in [0.5, 0.6) is 5.75 Å². The molecule has 1 aromatic rings. The zero-order chi connectivity index (χ0) is 10.7. The summed E-state index contributed by atoms with van der Waals surface area (Å²) in [6.07, 6.45) is -0.0874. The van der Waals surface area contributed by atoms with E-state index in [4.69, 9.17) is 14.2 Å². The SMILES string of the molecule is COc1ccc(C2OCC(CBr)O2)cc1. The van der Waals surface area contributed by atoms with Crippen LogP contribution in [0.4, 0.5) is 0 Å². The first-order valence-electron chi connectivity index (χ1n) is 4.80. The van der Waals surface area contributed by atoms with Crippen molar-refractivity contribution in [2.75, 3.05) is 19.0 Å². The Balaban J connectivity index is 2.04. The highest BCUT2D eigenvalue weighted by molar-refractivity contribution is 9.09. The third-order valence-electron chi connectivity index (χ3n) is 2.31. The molecule has 1 saturated heterocycles. The van der Waals surface area contributed by atoms with Gasteiger partial charge in [-0.3, -0.25) is 0 Å². The highest BCUT2D eigenvalue weighted by atomic mass is 79.9. The molecule has 0 N–H and O–H groups in total. The van der Waals surface area contributed by atoms with E-state index in [2.05, 4.69) is 15.9 Å². The molecule has 0 amide bonds. The van der Waals surface area contributed by atoms with Gasteiger partial charge in [-0.25, -0.2) is 0 Å². The molecule has 15 heavy (non-hydrogen) atoms. The summed E-state index contributed by atoms with van der Waals surface area (Å²) in [5, 5.41) is 0.805. The summed E-state index contributed by atoms with van der Waals surface area (Å²) in [6.45, 7) is 0.641. The number of rotatable bonds is 3. The maximum atomic E-state index is 5.66. The van der Waals surface area contributed by atoms with Crippen LogP contribution < -0.4 is 4.74 Å². The molecule has 0 radical (unpaired) electrons. The Morgan fingerprint density at radius 1 is 1.40 bits per heavy atom. The molecular weight excluding hydrogens is 260 g/mol. The molecule has 1 fully saturated rings. The van der Waals surface area contributed by atoms with Crippen LogP contribution in [0.2, 0.25) is 0 Å². The van der Waals surface area contributed by atoms with Crippen molar-refractivity contribution in [3.05, 3.63) is 29.8 Å². The van der Waals surface area contributed by atoms with Gasteiger partial charge >= 0.3 is 0 Å². The van der Waals surface area contributed by atoms with E-state index in [-0.39, 0.29) is 12.4 Å². The van der Waals surface area contributed by atoms with E-state index in [0.717, 1.165) is 16.6 Å². The van der Waals surface area contributed by atoms with Gasteiger partial charge in [0.15, 0.2) is 6.29 Å². The van der Waals surface area contributed by atoms with Crippen molar-refractivity contribution in [1.29, 1.82) is 0 Å². The molecule has 0 spiro atoms. The fourth-order valence-corrected chi connectivity index (χ4v) is 1.80. The van der Waals surface area contributed by atoms with E-state index in [1.165, 1.54) is 0 Å². The van der Waals surface area contributed by atoms with Crippen LogP contribution in [-0.4, -0.2) is 25.2 Å². The Morgan fingerprint density at radius 3 is 2.67 bits per heavy atom. The molecular formula is C11H13BrO3. The zero-order valence-corrected chi connectivity index (χ0v) is 10.1. The quantitative estimate of drug-likeness (QED) is 0.792.